The van der Waals surface area contributed by atoms with E-state index < -0.39 is 11.8 Å². The van der Waals surface area contributed by atoms with E-state index in [1.807, 2.05) is 6.07 Å². The van der Waals surface area contributed by atoms with Crippen LogP contribution in [0.1, 0.15) is 5.56 Å². The molecule has 0 fully saturated rings. The van der Waals surface area contributed by atoms with Crippen molar-refractivity contribution in [2.24, 2.45) is 30.7 Å². The first-order valence-electron chi connectivity index (χ1n) is 5.58. The van der Waals surface area contributed by atoms with Gasteiger partial charge in [0, 0.05) is 5.56 Å². The highest BCUT2D eigenvalue weighted by molar-refractivity contribution is 6.04. The topological polar surface area (TPSA) is 108 Å². The molecule has 8 nitrogen and oxygen atoms in total. The van der Waals surface area contributed by atoms with Crippen LogP contribution in [0.5, 0.6) is 0 Å². The molecule has 0 N–H and O–H groups in total. The predicted octanol–water partition coefficient (Wildman–Crippen LogP) is 2.63. The molecule has 20 heavy (non-hydrogen) atoms. The molecular weight excluding hydrogens is 260 g/mol. The molecule has 2 aliphatic heterocycles. The molecule has 0 bridgehead atoms. The van der Waals surface area contributed by atoms with E-state index in [1.54, 1.807) is 24.3 Å². The van der Waals surface area contributed by atoms with Gasteiger partial charge in [0.05, 0.1) is 6.20 Å². The van der Waals surface area contributed by atoms with E-state index >= 15 is 0 Å². The molecule has 96 valence electrons. The molecule has 0 radical (unpaired) electrons. The van der Waals surface area contributed by atoms with Gasteiger partial charge in [0.1, 0.15) is 5.70 Å². The minimum Gasteiger partial charge on any atom is -0.263 e. The van der Waals surface area contributed by atoms with Crippen molar-refractivity contribution in [3.05, 3.63) is 53.5 Å². The van der Waals surface area contributed by atoms with Crippen LogP contribution >= 0.6 is 0 Å². The van der Waals surface area contributed by atoms with Crippen molar-refractivity contribution < 1.29 is 9.59 Å². The maximum atomic E-state index is 11.6. The van der Waals surface area contributed by atoms with Crippen molar-refractivity contribution in [2.45, 2.75) is 0 Å². The Labute approximate surface area is 112 Å². The normalized spacial score (nSPS) is 17.7. The third kappa shape index (κ3) is 2.09. The minimum absolute atomic E-state index is 0.0169. The average Bonchev–Trinajstić information content (AvgIpc) is 3.04. The Balaban J connectivity index is 1.96. The van der Waals surface area contributed by atoms with Crippen molar-refractivity contribution in [1.29, 1.82) is 0 Å². The van der Waals surface area contributed by atoms with Crippen molar-refractivity contribution in [1.82, 2.24) is 0 Å². The van der Waals surface area contributed by atoms with Gasteiger partial charge in [-0.1, -0.05) is 30.3 Å². The highest BCUT2D eigenvalue weighted by atomic mass is 16.2. The summed E-state index contributed by atoms with van der Waals surface area (Å²) in [5.41, 5.74) is 0.956. The molecule has 0 aliphatic carbocycles. The smallest absolute Gasteiger partial charge is 0.263 e. The largest absolute Gasteiger partial charge is 0.318 e. The lowest BCUT2D eigenvalue weighted by Crippen LogP contribution is -1.95. The lowest BCUT2D eigenvalue weighted by molar-refractivity contribution is -0.115. The van der Waals surface area contributed by atoms with Gasteiger partial charge in [0.2, 0.25) is 0 Å². The van der Waals surface area contributed by atoms with Crippen LogP contribution in [0, 0.1) is 0 Å². The lowest BCUT2D eigenvalue weighted by Gasteiger charge is -1.97. The van der Waals surface area contributed by atoms with E-state index in [0.717, 1.165) is 0 Å². The van der Waals surface area contributed by atoms with Gasteiger partial charge < -0.3 is 0 Å². The summed E-state index contributed by atoms with van der Waals surface area (Å²) in [5, 5.41) is 21.3. The first-order valence-corrected chi connectivity index (χ1v) is 5.58. The number of hydrogen-bond acceptors (Lipinski definition) is 6. The zero-order chi connectivity index (χ0) is 13.9. The first kappa shape index (κ1) is 11.9. The molecule has 3 rings (SSSR count). The molecule has 0 unspecified atom stereocenters. The molecule has 0 spiro atoms. The molecule has 0 saturated heterocycles. The van der Waals surface area contributed by atoms with Crippen LogP contribution in [0.4, 0.5) is 0 Å². The van der Waals surface area contributed by atoms with Gasteiger partial charge in [-0.05, 0) is 0 Å². The molecule has 1 aromatic carbocycles. The molecule has 0 atom stereocenters. The third-order valence-electron chi connectivity index (χ3n) is 2.52. The Kier molecular flexibility index (Phi) is 2.88. The Morgan fingerprint density at radius 1 is 0.850 bits per heavy atom. The molecule has 2 heterocycles. The number of benzene rings is 1. The van der Waals surface area contributed by atoms with Crippen LogP contribution in [-0.2, 0) is 9.59 Å². The summed E-state index contributed by atoms with van der Waals surface area (Å²) in [6, 6.07) is 8.98. The van der Waals surface area contributed by atoms with Crippen LogP contribution in [-0.4, -0.2) is 11.8 Å². The number of carbonyl (C=O) groups is 2. The Morgan fingerprint density at radius 3 is 2.35 bits per heavy atom. The SMILES string of the molecule is O=C1N=NC=C1N=NC1=C(c2ccccc2)N=NC1=O. The summed E-state index contributed by atoms with van der Waals surface area (Å²) >= 11 is 0. The first-order chi connectivity index (χ1) is 9.75. The minimum atomic E-state index is -0.604. The number of amides is 2. The van der Waals surface area contributed by atoms with Crippen LogP contribution in [0.15, 0.2) is 78.6 Å². The van der Waals surface area contributed by atoms with Gasteiger partial charge >= 0.3 is 11.8 Å². The zero-order valence-corrected chi connectivity index (χ0v) is 9.96. The number of carbonyl (C=O) groups excluding carboxylic acids is 2. The molecule has 2 amide bonds. The summed E-state index contributed by atoms with van der Waals surface area (Å²) < 4.78 is 0. The second-order valence-corrected chi connectivity index (χ2v) is 3.80. The molecule has 0 saturated carbocycles. The standard InChI is InChI=1S/C12H6N6O2/c19-11-8(6-13-17-11)14-16-10-9(15-18-12(10)20)7-4-2-1-3-5-7/h1-6H. The van der Waals surface area contributed by atoms with E-state index in [4.69, 9.17) is 0 Å². The highest BCUT2D eigenvalue weighted by Crippen LogP contribution is 2.28. The van der Waals surface area contributed by atoms with Crippen LogP contribution in [0.25, 0.3) is 5.70 Å². The van der Waals surface area contributed by atoms with Crippen molar-refractivity contribution >= 4 is 17.5 Å². The Bertz CT molecular complexity index is 742. The Morgan fingerprint density at radius 2 is 1.65 bits per heavy atom. The maximum absolute atomic E-state index is 11.6. The third-order valence-corrected chi connectivity index (χ3v) is 2.52. The quantitative estimate of drug-likeness (QED) is 0.783. The maximum Gasteiger partial charge on any atom is 0.318 e. The fourth-order valence-electron chi connectivity index (χ4n) is 1.59. The molecule has 0 aromatic heterocycles. The zero-order valence-electron chi connectivity index (χ0n) is 9.96. The van der Waals surface area contributed by atoms with Gasteiger partial charge in [-0.2, -0.15) is 5.11 Å². The van der Waals surface area contributed by atoms with Crippen molar-refractivity contribution in [3.63, 3.8) is 0 Å². The monoisotopic (exact) mass is 266 g/mol. The summed E-state index contributed by atoms with van der Waals surface area (Å²) in [6.45, 7) is 0. The van der Waals surface area contributed by atoms with Gasteiger partial charge in [-0.3, -0.25) is 9.59 Å². The van der Waals surface area contributed by atoms with E-state index in [0.29, 0.717) is 11.3 Å². The van der Waals surface area contributed by atoms with E-state index in [9.17, 15) is 9.59 Å². The van der Waals surface area contributed by atoms with Gasteiger partial charge in [-0.25, -0.2) is 0 Å². The number of rotatable bonds is 3. The second-order valence-electron chi connectivity index (χ2n) is 3.80. The summed E-state index contributed by atoms with van der Waals surface area (Å²) in [4.78, 5) is 22.8. The molecule has 8 heteroatoms. The highest BCUT2D eigenvalue weighted by Gasteiger charge is 2.23. The average molecular weight is 266 g/mol. The van der Waals surface area contributed by atoms with E-state index in [2.05, 4.69) is 30.7 Å². The summed E-state index contributed by atoms with van der Waals surface area (Å²) in [7, 11) is 0. The fourth-order valence-corrected chi connectivity index (χ4v) is 1.59. The predicted molar refractivity (Wildman–Crippen MR) is 66.0 cm³/mol. The fraction of sp³-hybridized carbons (Fsp3) is 0. The number of azo groups is 3. The Hall–Kier alpha value is -3.16. The number of nitrogens with zero attached hydrogens (tertiary/aromatic N) is 6. The summed E-state index contributed by atoms with van der Waals surface area (Å²) in [5.74, 6) is -1.21. The van der Waals surface area contributed by atoms with Crippen molar-refractivity contribution in [3.8, 4) is 0 Å². The van der Waals surface area contributed by atoms with Crippen LogP contribution < -0.4 is 0 Å². The van der Waals surface area contributed by atoms with Crippen LogP contribution in [0.2, 0.25) is 0 Å². The molecule has 2 aliphatic rings. The summed E-state index contributed by atoms with van der Waals surface area (Å²) in [6.07, 6.45) is 1.17. The van der Waals surface area contributed by atoms with E-state index in [1.165, 1.54) is 6.20 Å². The lowest BCUT2D eigenvalue weighted by atomic mass is 10.1. The molecular formula is C12H6N6O2. The van der Waals surface area contributed by atoms with Crippen molar-refractivity contribution in [2.75, 3.05) is 0 Å². The van der Waals surface area contributed by atoms with Gasteiger partial charge in [-0.15, -0.1) is 25.6 Å². The van der Waals surface area contributed by atoms with Gasteiger partial charge in [0.15, 0.2) is 11.4 Å². The van der Waals surface area contributed by atoms with Gasteiger partial charge in [0.25, 0.3) is 0 Å². The second kappa shape index (κ2) is 4.84. The molecule has 1 aromatic rings. The van der Waals surface area contributed by atoms with Crippen LogP contribution in [0.3, 0.4) is 0 Å². The van der Waals surface area contributed by atoms with E-state index in [-0.39, 0.29) is 11.4 Å². The number of hydrogen-bond donors (Lipinski definition) is 0.